The molecule has 4 heteroatoms. The second kappa shape index (κ2) is 9.50. The lowest BCUT2D eigenvalue weighted by Crippen LogP contribution is -2.23. The van der Waals surface area contributed by atoms with E-state index in [1.165, 1.54) is 5.56 Å². The zero-order chi connectivity index (χ0) is 14.8. The van der Waals surface area contributed by atoms with Gasteiger partial charge in [0.25, 0.3) is 0 Å². The maximum absolute atomic E-state index is 11.9. The number of carbonyl (C=O) groups is 1. The van der Waals surface area contributed by atoms with E-state index in [-0.39, 0.29) is 5.91 Å². The van der Waals surface area contributed by atoms with Crippen molar-refractivity contribution < 1.29 is 9.53 Å². The molecular formula is C16H26N2O2. The molecule has 0 bridgehead atoms. The molecule has 1 aromatic rings. The number of carbonyl (C=O) groups excluding carboxylic acids is 1. The molecule has 0 aliphatic heterocycles. The van der Waals surface area contributed by atoms with Crippen LogP contribution in [0.3, 0.4) is 0 Å². The van der Waals surface area contributed by atoms with Gasteiger partial charge in [-0.05, 0) is 37.4 Å². The molecule has 0 saturated heterocycles. The van der Waals surface area contributed by atoms with Crippen LogP contribution in [0, 0.1) is 6.92 Å². The van der Waals surface area contributed by atoms with E-state index in [2.05, 4.69) is 23.6 Å². The van der Waals surface area contributed by atoms with Gasteiger partial charge >= 0.3 is 0 Å². The number of hydrogen-bond donors (Lipinski definition) is 2. The first-order valence-electron chi connectivity index (χ1n) is 7.27. The fraction of sp³-hybridized carbons (Fsp3) is 0.562. The van der Waals surface area contributed by atoms with Gasteiger partial charge in [0.1, 0.15) is 0 Å². The Labute approximate surface area is 121 Å². The largest absolute Gasteiger partial charge is 0.385 e. The Morgan fingerprint density at radius 2 is 2.10 bits per heavy atom. The first-order chi connectivity index (χ1) is 9.69. The van der Waals surface area contributed by atoms with Crippen LogP contribution in [0.15, 0.2) is 18.2 Å². The topological polar surface area (TPSA) is 50.4 Å². The second-order valence-electron chi connectivity index (χ2n) is 4.86. The lowest BCUT2D eigenvalue weighted by molar-refractivity contribution is -0.116. The third-order valence-electron chi connectivity index (χ3n) is 3.24. The Kier molecular flexibility index (Phi) is 7.92. The molecule has 4 nitrogen and oxygen atoms in total. The number of nitrogens with one attached hydrogen (secondary N) is 2. The number of benzene rings is 1. The van der Waals surface area contributed by atoms with Crippen LogP contribution >= 0.6 is 0 Å². The lowest BCUT2D eigenvalue weighted by Gasteiger charge is -2.13. The molecular weight excluding hydrogens is 252 g/mol. The Morgan fingerprint density at radius 3 is 2.80 bits per heavy atom. The summed E-state index contributed by atoms with van der Waals surface area (Å²) in [5, 5.41) is 6.27. The van der Waals surface area contributed by atoms with Crippen molar-refractivity contribution in [2.24, 2.45) is 0 Å². The number of ether oxygens (including phenoxy) is 1. The van der Waals surface area contributed by atoms with Crippen LogP contribution in [0.1, 0.15) is 30.9 Å². The molecule has 0 aromatic heterocycles. The van der Waals surface area contributed by atoms with Crippen LogP contribution in [0.2, 0.25) is 0 Å². The number of hydrogen-bond acceptors (Lipinski definition) is 3. The summed E-state index contributed by atoms with van der Waals surface area (Å²) in [6.45, 7) is 6.45. The van der Waals surface area contributed by atoms with E-state index in [1.807, 2.05) is 19.1 Å². The molecule has 0 atom stereocenters. The highest BCUT2D eigenvalue weighted by molar-refractivity contribution is 5.92. The number of rotatable bonds is 9. The second-order valence-corrected chi connectivity index (χ2v) is 4.86. The predicted molar refractivity (Wildman–Crippen MR) is 83.2 cm³/mol. The Morgan fingerprint density at radius 1 is 1.30 bits per heavy atom. The summed E-state index contributed by atoms with van der Waals surface area (Å²) in [4.78, 5) is 11.9. The molecule has 0 aliphatic rings. The molecule has 1 aromatic carbocycles. The molecule has 2 N–H and O–H groups in total. The van der Waals surface area contributed by atoms with Gasteiger partial charge in [0.2, 0.25) is 5.91 Å². The highest BCUT2D eigenvalue weighted by Gasteiger charge is 2.08. The molecule has 0 aliphatic carbocycles. The molecule has 0 heterocycles. The van der Waals surface area contributed by atoms with Crippen molar-refractivity contribution in [2.75, 3.05) is 32.1 Å². The Bertz CT molecular complexity index is 419. The summed E-state index contributed by atoms with van der Waals surface area (Å²) in [7, 11) is 1.70. The number of aryl methyl sites for hydroxylation is 2. The van der Waals surface area contributed by atoms with Gasteiger partial charge in [-0.1, -0.05) is 25.1 Å². The average molecular weight is 278 g/mol. The van der Waals surface area contributed by atoms with Crippen LogP contribution in [0.4, 0.5) is 5.69 Å². The molecule has 0 radical (unpaired) electrons. The SMILES string of the molecule is CCc1cccc(C)c1NC(=O)CCNCCCOC. The number of methoxy groups -OCH3 is 1. The summed E-state index contributed by atoms with van der Waals surface area (Å²) >= 11 is 0. The van der Waals surface area contributed by atoms with E-state index in [1.54, 1.807) is 7.11 Å². The van der Waals surface area contributed by atoms with Gasteiger partial charge in [-0.3, -0.25) is 4.79 Å². The zero-order valence-corrected chi connectivity index (χ0v) is 12.8. The summed E-state index contributed by atoms with van der Waals surface area (Å²) in [5.74, 6) is 0.0632. The van der Waals surface area contributed by atoms with E-state index in [9.17, 15) is 4.79 Å². The minimum atomic E-state index is 0.0632. The molecule has 20 heavy (non-hydrogen) atoms. The van der Waals surface area contributed by atoms with Gasteiger partial charge in [0.15, 0.2) is 0 Å². The van der Waals surface area contributed by atoms with Crippen molar-refractivity contribution in [1.82, 2.24) is 5.32 Å². The Balaban J connectivity index is 2.35. The van der Waals surface area contributed by atoms with Gasteiger partial charge in [0, 0.05) is 32.4 Å². The average Bonchev–Trinajstić information content (AvgIpc) is 2.45. The normalized spacial score (nSPS) is 10.6. The van der Waals surface area contributed by atoms with E-state index in [0.29, 0.717) is 13.0 Å². The third kappa shape index (κ3) is 5.72. The van der Waals surface area contributed by atoms with Crippen molar-refractivity contribution in [3.05, 3.63) is 29.3 Å². The first kappa shape index (κ1) is 16.7. The van der Waals surface area contributed by atoms with E-state index in [4.69, 9.17) is 4.74 Å². The van der Waals surface area contributed by atoms with Gasteiger partial charge in [0.05, 0.1) is 0 Å². The van der Waals surface area contributed by atoms with Crippen LogP contribution in [0.5, 0.6) is 0 Å². The molecule has 0 unspecified atom stereocenters. The number of para-hydroxylation sites is 1. The van der Waals surface area contributed by atoms with Crippen molar-refractivity contribution >= 4 is 11.6 Å². The van der Waals surface area contributed by atoms with Crippen molar-refractivity contribution in [1.29, 1.82) is 0 Å². The van der Waals surface area contributed by atoms with Crippen molar-refractivity contribution in [2.45, 2.75) is 33.1 Å². The quantitative estimate of drug-likeness (QED) is 0.682. The maximum Gasteiger partial charge on any atom is 0.225 e. The molecule has 0 saturated carbocycles. The fourth-order valence-electron chi connectivity index (χ4n) is 2.07. The lowest BCUT2D eigenvalue weighted by atomic mass is 10.1. The molecule has 112 valence electrons. The van der Waals surface area contributed by atoms with Crippen molar-refractivity contribution in [3.63, 3.8) is 0 Å². The minimum absolute atomic E-state index is 0.0632. The maximum atomic E-state index is 11.9. The monoisotopic (exact) mass is 278 g/mol. The van der Waals surface area contributed by atoms with Crippen molar-refractivity contribution in [3.8, 4) is 0 Å². The van der Waals surface area contributed by atoms with Gasteiger partial charge in [-0.15, -0.1) is 0 Å². The minimum Gasteiger partial charge on any atom is -0.385 e. The summed E-state index contributed by atoms with van der Waals surface area (Å²) in [5.41, 5.74) is 3.27. The van der Waals surface area contributed by atoms with Gasteiger partial charge in [-0.25, -0.2) is 0 Å². The summed E-state index contributed by atoms with van der Waals surface area (Å²) in [6.07, 6.45) is 2.38. The van der Waals surface area contributed by atoms with Crippen LogP contribution < -0.4 is 10.6 Å². The first-order valence-corrected chi connectivity index (χ1v) is 7.27. The van der Waals surface area contributed by atoms with Crippen LogP contribution in [-0.2, 0) is 16.0 Å². The summed E-state index contributed by atoms with van der Waals surface area (Å²) in [6, 6.07) is 6.12. The molecule has 1 amide bonds. The fourth-order valence-corrected chi connectivity index (χ4v) is 2.07. The highest BCUT2D eigenvalue weighted by atomic mass is 16.5. The molecule has 0 spiro atoms. The van der Waals surface area contributed by atoms with Crippen LogP contribution in [0.25, 0.3) is 0 Å². The zero-order valence-electron chi connectivity index (χ0n) is 12.8. The predicted octanol–water partition coefficient (Wildman–Crippen LogP) is 2.51. The molecule has 0 fully saturated rings. The number of anilines is 1. The highest BCUT2D eigenvalue weighted by Crippen LogP contribution is 2.21. The standard InChI is InChI=1S/C16H26N2O2/c1-4-14-8-5-7-13(2)16(14)18-15(19)9-11-17-10-6-12-20-3/h5,7-8,17H,4,6,9-12H2,1-3H3,(H,18,19). The molecule has 1 rings (SSSR count). The summed E-state index contributed by atoms with van der Waals surface area (Å²) < 4.78 is 4.97. The van der Waals surface area contributed by atoms with E-state index >= 15 is 0 Å². The number of amides is 1. The van der Waals surface area contributed by atoms with Gasteiger partial charge < -0.3 is 15.4 Å². The van der Waals surface area contributed by atoms with E-state index in [0.717, 1.165) is 37.2 Å². The smallest absolute Gasteiger partial charge is 0.225 e. The Hall–Kier alpha value is -1.39. The van der Waals surface area contributed by atoms with Gasteiger partial charge in [-0.2, -0.15) is 0 Å². The van der Waals surface area contributed by atoms with Crippen LogP contribution in [-0.4, -0.2) is 32.7 Å². The third-order valence-corrected chi connectivity index (χ3v) is 3.24. The van der Waals surface area contributed by atoms with E-state index < -0.39 is 0 Å².